The molecule has 0 aliphatic rings. The Morgan fingerprint density at radius 2 is 1.00 bits per heavy atom. The van der Waals surface area contributed by atoms with Crippen molar-refractivity contribution in [3.05, 3.63) is 143 Å². The van der Waals surface area contributed by atoms with Crippen LogP contribution in [0.3, 0.4) is 0 Å². The molecule has 0 unspecified atom stereocenters. The molecule has 0 atom stereocenters. The fourth-order valence-corrected chi connectivity index (χ4v) is 11.3. The van der Waals surface area contributed by atoms with Crippen LogP contribution in [0.25, 0.3) is 0 Å². The molecule has 5 rings (SSSR count). The number of aryl methyl sites for hydroxylation is 4. The molecule has 0 saturated carbocycles. The van der Waals surface area contributed by atoms with Gasteiger partial charge in [-0.1, -0.05) is 0 Å². The Balaban J connectivity index is 2.05. The first-order valence-electron chi connectivity index (χ1n) is 13.8. The molecule has 5 aromatic rings. The van der Waals surface area contributed by atoms with Crippen LogP contribution >= 0.6 is 6.83 Å². The summed E-state index contributed by atoms with van der Waals surface area (Å²) in [7, 11) is 0. The van der Waals surface area contributed by atoms with Gasteiger partial charge in [0.05, 0.1) is 0 Å². The van der Waals surface area contributed by atoms with Crippen molar-refractivity contribution < 1.29 is 29.4 Å². The molecule has 0 bridgehead atoms. The fourth-order valence-electron chi connectivity index (χ4n) is 5.64. The summed E-state index contributed by atoms with van der Waals surface area (Å²) in [5.41, 5.74) is 3.25. The zero-order chi connectivity index (χ0) is 31.0. The van der Waals surface area contributed by atoms with Gasteiger partial charge in [0, 0.05) is 0 Å². The van der Waals surface area contributed by atoms with Gasteiger partial charge in [-0.2, -0.15) is 0 Å². The van der Waals surface area contributed by atoms with Crippen LogP contribution in [0, 0.1) is 27.7 Å². The number of phenolic OH excluding ortho intramolecular Hbond substituents is 2. The van der Waals surface area contributed by atoms with Crippen LogP contribution in [0.4, 0.5) is 0 Å². The van der Waals surface area contributed by atoms with Gasteiger partial charge in [0.2, 0.25) is 0 Å². The van der Waals surface area contributed by atoms with Crippen molar-refractivity contribution in [2.75, 3.05) is 0 Å². The van der Waals surface area contributed by atoms with E-state index >= 15 is 0 Å². The van der Waals surface area contributed by atoms with Crippen LogP contribution in [-0.4, -0.2) is 27.3 Å². The molecule has 3 N–H and O–H groups in total. The first-order chi connectivity index (χ1) is 20.5. The summed E-state index contributed by atoms with van der Waals surface area (Å²) in [5.74, 6) is -2.46. The fraction of sp³-hybridized carbons (Fsp3) is 0.111. The number of carbonyl (C=O) groups is 2. The Morgan fingerprint density at radius 3 is 1.44 bits per heavy atom. The van der Waals surface area contributed by atoms with Gasteiger partial charge in [-0.25, -0.2) is 0 Å². The maximum absolute atomic E-state index is 14.6. The Bertz CT molecular complexity index is 1730. The van der Waals surface area contributed by atoms with Crippen molar-refractivity contribution >= 4 is 40.0 Å². The summed E-state index contributed by atoms with van der Waals surface area (Å²) in [6.45, 7) is 2.79. The van der Waals surface area contributed by atoms with Gasteiger partial charge in [-0.3, -0.25) is 0 Å². The van der Waals surface area contributed by atoms with Crippen LogP contribution in [0.2, 0.25) is 0 Å². The molecule has 7 heteroatoms. The number of phenols is 2. The summed E-state index contributed by atoms with van der Waals surface area (Å²) in [5, 5.41) is 34.6. The second-order valence-corrected chi connectivity index (χ2v) is 15.2. The molecule has 5 aromatic carbocycles. The number of aromatic hydroxyl groups is 2. The van der Waals surface area contributed by atoms with Crippen molar-refractivity contribution in [3.63, 3.8) is 0 Å². The molecule has 0 aliphatic carbocycles. The quantitative estimate of drug-likeness (QED) is 0.159. The van der Waals surface area contributed by atoms with Gasteiger partial charge < -0.3 is 0 Å². The van der Waals surface area contributed by atoms with E-state index in [1.807, 2.05) is 93.6 Å². The number of hydrogen-bond donors (Lipinski definition) is 3. The molecule has 0 aliphatic heterocycles. The number of hydrogen-bond acceptors (Lipinski definition) is 5. The van der Waals surface area contributed by atoms with Crippen LogP contribution in [-0.2, 0) is 4.52 Å². The molecule has 6 nitrogen and oxygen atoms in total. The molecule has 0 heterocycles. The number of carboxylic acid groups (broad SMARTS) is 1. The van der Waals surface area contributed by atoms with Crippen molar-refractivity contribution in [2.24, 2.45) is 0 Å². The van der Waals surface area contributed by atoms with Gasteiger partial charge in [-0.05, 0) is 0 Å². The second-order valence-electron chi connectivity index (χ2n) is 10.9. The predicted molar refractivity (Wildman–Crippen MR) is 172 cm³/mol. The Kier molecular flexibility index (Phi) is 7.59. The van der Waals surface area contributed by atoms with Crippen LogP contribution in [0.5, 0.6) is 11.5 Å². The van der Waals surface area contributed by atoms with E-state index in [2.05, 4.69) is 0 Å². The normalized spacial score (nSPS) is 12.2. The Hall–Kier alpha value is -4.93. The standard InChI is InChI=1S/C36H33O6P/c1-23-5-13-28(14-6-23)43(29-15-7-24(2)8-16-29,30-17-9-25(3)10-18-30,34-22-27(37)12-20-33(34)38)42-36(41)32-21-26(4)11-19-31(32)35(39)40/h5-22,37-38H,1-4H3,(H,39,40). The molecule has 0 amide bonds. The zero-order valence-electron chi connectivity index (χ0n) is 24.4. The topological polar surface area (TPSA) is 104 Å². The number of carbonyl (C=O) groups excluding carboxylic acids is 1. The van der Waals surface area contributed by atoms with E-state index in [0.29, 0.717) is 21.5 Å². The first kappa shape index (κ1) is 29.6. The van der Waals surface area contributed by atoms with Crippen molar-refractivity contribution in [1.29, 1.82) is 0 Å². The van der Waals surface area contributed by atoms with E-state index in [1.54, 1.807) is 13.0 Å². The number of benzene rings is 5. The zero-order valence-corrected chi connectivity index (χ0v) is 25.3. The van der Waals surface area contributed by atoms with E-state index in [1.165, 1.54) is 30.3 Å². The Morgan fingerprint density at radius 1 is 0.558 bits per heavy atom. The summed E-state index contributed by atoms with van der Waals surface area (Å²) >= 11 is 0. The molecule has 218 valence electrons. The van der Waals surface area contributed by atoms with Crippen LogP contribution in [0.1, 0.15) is 43.0 Å². The molecule has 0 radical (unpaired) electrons. The average Bonchev–Trinajstić information content (AvgIpc) is 2.98. The Labute approximate surface area is 250 Å². The van der Waals surface area contributed by atoms with Crippen molar-refractivity contribution in [3.8, 4) is 11.5 Å². The summed E-state index contributed by atoms with van der Waals surface area (Å²) in [4.78, 5) is 26.9. The van der Waals surface area contributed by atoms with Crippen LogP contribution < -0.4 is 21.2 Å². The minimum atomic E-state index is -4.81. The number of aromatic carboxylic acids is 1. The van der Waals surface area contributed by atoms with Gasteiger partial charge in [0.1, 0.15) is 0 Å². The predicted octanol–water partition coefficient (Wildman–Crippen LogP) is 5.96. The molecule has 43 heavy (non-hydrogen) atoms. The minimum absolute atomic E-state index is 0.118. The molecule has 0 spiro atoms. The number of rotatable bonds is 7. The van der Waals surface area contributed by atoms with Crippen LogP contribution in [0.15, 0.2) is 109 Å². The molecular formula is C36H33O6P. The summed E-state index contributed by atoms with van der Waals surface area (Å²) in [6.07, 6.45) is 0. The SMILES string of the molecule is Cc1ccc(P(OC(=O)c2cc(C)ccc2C(=O)O)(c2ccc(C)cc2)(c2ccc(C)cc2)c2cc(O)ccc2O)cc1. The third-order valence-electron chi connectivity index (χ3n) is 7.89. The van der Waals surface area contributed by atoms with Gasteiger partial charge in [0.15, 0.2) is 0 Å². The second kappa shape index (κ2) is 11.0. The van der Waals surface area contributed by atoms with E-state index in [-0.39, 0.29) is 27.9 Å². The van der Waals surface area contributed by atoms with Gasteiger partial charge in [0.25, 0.3) is 0 Å². The monoisotopic (exact) mass is 592 g/mol. The third-order valence-corrected chi connectivity index (χ3v) is 13.5. The molecule has 0 aromatic heterocycles. The van der Waals surface area contributed by atoms with E-state index in [0.717, 1.165) is 16.7 Å². The van der Waals surface area contributed by atoms with Crippen molar-refractivity contribution in [1.82, 2.24) is 0 Å². The summed E-state index contributed by atoms with van der Waals surface area (Å²) in [6, 6.07) is 31.4. The molecule has 0 saturated heterocycles. The van der Waals surface area contributed by atoms with Gasteiger partial charge in [-0.15, -0.1) is 0 Å². The van der Waals surface area contributed by atoms with E-state index in [4.69, 9.17) is 4.52 Å². The van der Waals surface area contributed by atoms with E-state index < -0.39 is 18.8 Å². The average molecular weight is 593 g/mol. The van der Waals surface area contributed by atoms with Gasteiger partial charge >= 0.3 is 251 Å². The number of carboxylic acids is 1. The van der Waals surface area contributed by atoms with E-state index in [9.17, 15) is 24.9 Å². The van der Waals surface area contributed by atoms with Crippen molar-refractivity contribution in [2.45, 2.75) is 27.7 Å². The maximum atomic E-state index is 14.6. The summed E-state index contributed by atoms with van der Waals surface area (Å²) < 4.78 is 7.01. The third kappa shape index (κ3) is 4.84. The molecule has 0 fully saturated rings. The first-order valence-corrected chi connectivity index (χ1v) is 16.0. The molecular weight excluding hydrogens is 559 g/mol.